The van der Waals surface area contributed by atoms with E-state index < -0.39 is 22.0 Å². The van der Waals surface area contributed by atoms with Crippen molar-refractivity contribution in [1.82, 2.24) is 4.31 Å². The van der Waals surface area contributed by atoms with Gasteiger partial charge < -0.3 is 14.8 Å². The number of esters is 1. The molecule has 3 aromatic carbocycles. The van der Waals surface area contributed by atoms with Gasteiger partial charge in [-0.2, -0.15) is 4.31 Å². The van der Waals surface area contributed by atoms with E-state index in [4.69, 9.17) is 9.47 Å². The minimum atomic E-state index is -3.82. The van der Waals surface area contributed by atoms with Gasteiger partial charge in [0, 0.05) is 12.2 Å². The Kier molecular flexibility index (Phi) is 7.18. The van der Waals surface area contributed by atoms with Crippen LogP contribution in [-0.2, 0) is 14.8 Å². The summed E-state index contributed by atoms with van der Waals surface area (Å²) < 4.78 is 38.1. The van der Waals surface area contributed by atoms with E-state index in [1.54, 1.807) is 72.8 Å². The van der Waals surface area contributed by atoms with Gasteiger partial charge in [0.15, 0.2) is 0 Å². The summed E-state index contributed by atoms with van der Waals surface area (Å²) in [4.78, 5) is 25.6. The average molecular weight is 495 g/mol. The van der Waals surface area contributed by atoms with Crippen LogP contribution in [0.25, 0.3) is 0 Å². The van der Waals surface area contributed by atoms with E-state index in [-0.39, 0.29) is 23.1 Å². The predicted molar refractivity (Wildman–Crippen MR) is 131 cm³/mol. The van der Waals surface area contributed by atoms with Crippen molar-refractivity contribution in [2.24, 2.45) is 0 Å². The largest absolute Gasteiger partial charge is 0.496 e. The fourth-order valence-electron chi connectivity index (χ4n) is 3.93. The Morgan fingerprint density at radius 3 is 2.34 bits per heavy atom. The summed E-state index contributed by atoms with van der Waals surface area (Å²) in [5.74, 6) is -0.263. The standard InChI is InChI=1S/C26H26N2O6S/c1-18-9-15-21(16-10-18)35(31,32)28-17-5-7-23(28)26(30)34-20-13-11-19(12-14-20)27-25(29)22-6-3-4-8-24(22)33-2/h3-4,6,8-16,23H,5,7,17H2,1-2H3,(H,27,29)/t23-/m0/s1. The molecule has 8 nitrogen and oxygen atoms in total. The number of carbonyl (C=O) groups excluding carboxylic acids is 2. The minimum Gasteiger partial charge on any atom is -0.496 e. The molecule has 182 valence electrons. The third-order valence-electron chi connectivity index (χ3n) is 5.79. The predicted octanol–water partition coefficient (Wildman–Crippen LogP) is 4.01. The van der Waals surface area contributed by atoms with Crippen molar-refractivity contribution >= 4 is 27.6 Å². The summed E-state index contributed by atoms with van der Waals surface area (Å²) in [6.07, 6.45) is 0.954. The first-order chi connectivity index (χ1) is 16.8. The zero-order chi connectivity index (χ0) is 25.0. The van der Waals surface area contributed by atoms with E-state index in [2.05, 4.69) is 5.32 Å². The van der Waals surface area contributed by atoms with Crippen LogP contribution in [0.4, 0.5) is 5.69 Å². The highest BCUT2D eigenvalue weighted by Crippen LogP contribution is 2.28. The summed E-state index contributed by atoms with van der Waals surface area (Å²) in [6.45, 7) is 2.13. The third kappa shape index (κ3) is 5.36. The van der Waals surface area contributed by atoms with Crippen molar-refractivity contribution in [3.63, 3.8) is 0 Å². The molecule has 35 heavy (non-hydrogen) atoms. The molecule has 0 aliphatic carbocycles. The highest BCUT2D eigenvalue weighted by atomic mass is 32.2. The number of benzene rings is 3. The van der Waals surface area contributed by atoms with E-state index in [1.807, 2.05) is 6.92 Å². The van der Waals surface area contributed by atoms with Gasteiger partial charge in [0.25, 0.3) is 5.91 Å². The molecule has 1 atom stereocenters. The summed E-state index contributed by atoms with van der Waals surface area (Å²) in [7, 11) is -2.33. The molecule has 1 aliphatic rings. The maximum absolute atomic E-state index is 13.1. The van der Waals surface area contributed by atoms with Crippen LogP contribution in [0.3, 0.4) is 0 Å². The average Bonchev–Trinajstić information content (AvgIpc) is 3.37. The van der Waals surface area contributed by atoms with Gasteiger partial charge in [-0.05, 0) is 68.3 Å². The molecule has 1 heterocycles. The molecule has 9 heteroatoms. The fraction of sp³-hybridized carbons (Fsp3) is 0.231. The molecule has 1 N–H and O–H groups in total. The van der Waals surface area contributed by atoms with Gasteiger partial charge in [-0.1, -0.05) is 29.8 Å². The van der Waals surface area contributed by atoms with Crippen LogP contribution in [0.2, 0.25) is 0 Å². The third-order valence-corrected chi connectivity index (χ3v) is 7.71. The van der Waals surface area contributed by atoms with Gasteiger partial charge in [0.1, 0.15) is 17.5 Å². The highest BCUT2D eigenvalue weighted by molar-refractivity contribution is 7.89. The van der Waals surface area contributed by atoms with Crippen LogP contribution in [0, 0.1) is 6.92 Å². The lowest BCUT2D eigenvalue weighted by molar-refractivity contribution is -0.137. The summed E-state index contributed by atoms with van der Waals surface area (Å²) in [5, 5.41) is 2.77. The SMILES string of the molecule is COc1ccccc1C(=O)Nc1ccc(OC(=O)[C@@H]2CCCN2S(=O)(=O)c2ccc(C)cc2)cc1. The van der Waals surface area contributed by atoms with E-state index in [0.717, 1.165) is 5.56 Å². The van der Waals surface area contributed by atoms with Crippen molar-refractivity contribution in [2.45, 2.75) is 30.7 Å². The number of rotatable bonds is 7. The van der Waals surface area contributed by atoms with E-state index in [0.29, 0.717) is 29.8 Å². The first-order valence-electron chi connectivity index (χ1n) is 11.1. The monoisotopic (exact) mass is 494 g/mol. The number of anilines is 1. The van der Waals surface area contributed by atoms with Crippen molar-refractivity contribution < 1.29 is 27.5 Å². The van der Waals surface area contributed by atoms with Crippen molar-refractivity contribution in [1.29, 1.82) is 0 Å². The number of ether oxygens (including phenoxy) is 2. The topological polar surface area (TPSA) is 102 Å². The highest BCUT2D eigenvalue weighted by Gasteiger charge is 2.40. The van der Waals surface area contributed by atoms with Crippen molar-refractivity contribution in [3.8, 4) is 11.5 Å². The second kappa shape index (κ2) is 10.3. The molecule has 0 aromatic heterocycles. The zero-order valence-electron chi connectivity index (χ0n) is 19.4. The van der Waals surface area contributed by atoms with E-state index >= 15 is 0 Å². The summed E-state index contributed by atoms with van der Waals surface area (Å²) in [5.41, 5.74) is 1.84. The molecular weight excluding hydrogens is 468 g/mol. The number of hydrogen-bond acceptors (Lipinski definition) is 6. The summed E-state index contributed by atoms with van der Waals surface area (Å²) in [6, 6.07) is 18.8. The summed E-state index contributed by atoms with van der Waals surface area (Å²) >= 11 is 0. The van der Waals surface area contributed by atoms with Crippen LogP contribution in [0.15, 0.2) is 77.7 Å². The first kappa shape index (κ1) is 24.4. The number of sulfonamides is 1. The fourth-order valence-corrected chi connectivity index (χ4v) is 5.58. The van der Waals surface area contributed by atoms with Gasteiger partial charge in [-0.3, -0.25) is 4.79 Å². The molecule has 0 radical (unpaired) electrons. The van der Waals surface area contributed by atoms with Gasteiger partial charge in [-0.15, -0.1) is 0 Å². The Hall–Kier alpha value is -3.69. The molecule has 3 aromatic rings. The molecule has 0 unspecified atom stereocenters. The first-order valence-corrected chi connectivity index (χ1v) is 12.6. The smallest absolute Gasteiger partial charge is 0.329 e. The van der Waals surface area contributed by atoms with Gasteiger partial charge in [0.2, 0.25) is 10.0 Å². The van der Waals surface area contributed by atoms with Crippen LogP contribution in [-0.4, -0.2) is 44.3 Å². The Labute approximate surface area is 204 Å². The second-order valence-corrected chi connectivity index (χ2v) is 10.1. The maximum Gasteiger partial charge on any atom is 0.329 e. The van der Waals surface area contributed by atoms with Crippen LogP contribution in [0.1, 0.15) is 28.8 Å². The number of methoxy groups -OCH3 is 1. The molecule has 1 amide bonds. The lowest BCUT2D eigenvalue weighted by atomic mass is 10.2. The Morgan fingerprint density at radius 2 is 1.66 bits per heavy atom. The molecule has 0 spiro atoms. The molecule has 0 saturated carbocycles. The van der Waals surface area contributed by atoms with Crippen LogP contribution < -0.4 is 14.8 Å². The Balaban J connectivity index is 1.42. The van der Waals surface area contributed by atoms with Crippen LogP contribution >= 0.6 is 0 Å². The quantitative estimate of drug-likeness (QED) is 0.393. The molecule has 1 aliphatic heterocycles. The van der Waals surface area contributed by atoms with Gasteiger partial charge in [-0.25, -0.2) is 13.2 Å². The number of amides is 1. The lowest BCUT2D eigenvalue weighted by Gasteiger charge is -2.22. The number of aryl methyl sites for hydroxylation is 1. The number of para-hydroxylation sites is 1. The lowest BCUT2D eigenvalue weighted by Crippen LogP contribution is -2.42. The second-order valence-electron chi connectivity index (χ2n) is 8.19. The van der Waals surface area contributed by atoms with Gasteiger partial charge >= 0.3 is 5.97 Å². The zero-order valence-corrected chi connectivity index (χ0v) is 20.2. The molecule has 1 saturated heterocycles. The van der Waals surface area contributed by atoms with E-state index in [1.165, 1.54) is 11.4 Å². The maximum atomic E-state index is 13.1. The molecule has 0 bridgehead atoms. The Morgan fingerprint density at radius 1 is 0.971 bits per heavy atom. The molecule has 1 fully saturated rings. The van der Waals surface area contributed by atoms with E-state index in [9.17, 15) is 18.0 Å². The normalized spacial score (nSPS) is 16.0. The number of nitrogens with one attached hydrogen (secondary N) is 1. The Bertz CT molecular complexity index is 1320. The van der Waals surface area contributed by atoms with Gasteiger partial charge in [0.05, 0.1) is 17.6 Å². The minimum absolute atomic E-state index is 0.151. The van der Waals surface area contributed by atoms with Crippen LogP contribution in [0.5, 0.6) is 11.5 Å². The number of carbonyl (C=O) groups is 2. The molecule has 4 rings (SSSR count). The number of nitrogens with zero attached hydrogens (tertiary/aromatic N) is 1. The van der Waals surface area contributed by atoms with Crippen molar-refractivity contribution in [3.05, 3.63) is 83.9 Å². The van der Waals surface area contributed by atoms with Crippen molar-refractivity contribution in [2.75, 3.05) is 19.0 Å². The molecular formula is C26H26N2O6S. The number of hydrogen-bond donors (Lipinski definition) is 1.